The molecule has 3 aromatic rings. The molecule has 174 valence electrons. The number of nitrogens with zero attached hydrogens (tertiary/aromatic N) is 4. The molecule has 0 saturated carbocycles. The number of halogens is 4. The number of alkyl halides is 3. The molecule has 0 radical (unpaired) electrons. The molecule has 1 saturated heterocycles. The zero-order valence-corrected chi connectivity index (χ0v) is 17.6. The van der Waals surface area contributed by atoms with Crippen molar-refractivity contribution in [1.82, 2.24) is 19.6 Å². The molecule has 1 aliphatic heterocycles. The molecule has 33 heavy (non-hydrogen) atoms. The molecule has 4 rings (SSSR count). The van der Waals surface area contributed by atoms with Crippen molar-refractivity contribution < 1.29 is 27.1 Å². The topological polar surface area (TPSA) is 50.6 Å². The number of carbonyl (C=O) groups is 1. The summed E-state index contributed by atoms with van der Waals surface area (Å²) in [5.41, 5.74) is 0.0486. The molecule has 0 atom stereocenters. The fourth-order valence-corrected chi connectivity index (χ4v) is 3.59. The maximum Gasteiger partial charge on any atom is 0.416 e. The van der Waals surface area contributed by atoms with Crippen LogP contribution in [-0.2, 0) is 19.5 Å². The van der Waals surface area contributed by atoms with E-state index in [-0.39, 0.29) is 29.9 Å². The van der Waals surface area contributed by atoms with Crippen molar-refractivity contribution in [3.05, 3.63) is 83.4 Å². The van der Waals surface area contributed by atoms with Crippen LogP contribution in [0.5, 0.6) is 5.75 Å². The van der Waals surface area contributed by atoms with Gasteiger partial charge < -0.3 is 9.64 Å². The van der Waals surface area contributed by atoms with Gasteiger partial charge in [0.1, 0.15) is 11.6 Å². The van der Waals surface area contributed by atoms with Crippen LogP contribution in [-0.4, -0.2) is 51.7 Å². The Kier molecular flexibility index (Phi) is 6.64. The van der Waals surface area contributed by atoms with Crippen molar-refractivity contribution in [2.24, 2.45) is 0 Å². The van der Waals surface area contributed by atoms with Gasteiger partial charge in [0, 0.05) is 44.5 Å². The lowest BCUT2D eigenvalue weighted by molar-refractivity contribution is -0.137. The average molecular weight is 462 g/mol. The quantitative estimate of drug-likeness (QED) is 0.519. The van der Waals surface area contributed by atoms with Gasteiger partial charge in [-0.3, -0.25) is 9.69 Å². The van der Waals surface area contributed by atoms with Crippen molar-refractivity contribution in [3.63, 3.8) is 0 Å². The minimum absolute atomic E-state index is 0.0548. The Morgan fingerprint density at radius 2 is 1.76 bits per heavy atom. The molecule has 0 bridgehead atoms. The normalized spacial score (nSPS) is 15.0. The molecule has 1 aliphatic rings. The SMILES string of the molecule is O=C(c1ccn(COc2cccc(C(F)(F)F)c2)n1)N1CCN(Cc2ccccc2F)CC1. The molecule has 1 aromatic heterocycles. The number of rotatable bonds is 6. The Labute approximate surface area is 188 Å². The number of aromatic nitrogens is 2. The van der Waals surface area contributed by atoms with E-state index >= 15 is 0 Å². The van der Waals surface area contributed by atoms with E-state index in [1.54, 1.807) is 29.2 Å². The molecule has 0 spiro atoms. The van der Waals surface area contributed by atoms with E-state index in [2.05, 4.69) is 10.00 Å². The van der Waals surface area contributed by atoms with E-state index in [0.717, 1.165) is 12.1 Å². The summed E-state index contributed by atoms with van der Waals surface area (Å²) in [5, 5.41) is 4.19. The lowest BCUT2D eigenvalue weighted by atomic mass is 10.2. The lowest BCUT2D eigenvalue weighted by Gasteiger charge is -2.34. The molecule has 0 unspecified atom stereocenters. The van der Waals surface area contributed by atoms with Crippen LogP contribution in [0.25, 0.3) is 0 Å². The summed E-state index contributed by atoms with van der Waals surface area (Å²) in [6, 6.07) is 12.7. The summed E-state index contributed by atoms with van der Waals surface area (Å²) in [7, 11) is 0. The third-order valence-corrected chi connectivity index (χ3v) is 5.40. The molecule has 0 N–H and O–H groups in total. The second-order valence-electron chi connectivity index (χ2n) is 7.70. The first-order valence-electron chi connectivity index (χ1n) is 10.4. The predicted octanol–water partition coefficient (Wildman–Crippen LogP) is 4.04. The highest BCUT2D eigenvalue weighted by Crippen LogP contribution is 2.31. The van der Waals surface area contributed by atoms with Crippen molar-refractivity contribution in [2.75, 3.05) is 26.2 Å². The number of hydrogen-bond acceptors (Lipinski definition) is 4. The maximum absolute atomic E-state index is 13.9. The van der Waals surface area contributed by atoms with Gasteiger partial charge >= 0.3 is 6.18 Å². The first-order valence-corrected chi connectivity index (χ1v) is 10.4. The second-order valence-corrected chi connectivity index (χ2v) is 7.70. The van der Waals surface area contributed by atoms with E-state index < -0.39 is 11.7 Å². The van der Waals surface area contributed by atoms with Crippen LogP contribution in [0.2, 0.25) is 0 Å². The van der Waals surface area contributed by atoms with Crippen LogP contribution in [0.3, 0.4) is 0 Å². The van der Waals surface area contributed by atoms with E-state index in [4.69, 9.17) is 4.74 Å². The van der Waals surface area contributed by atoms with Gasteiger partial charge in [-0.1, -0.05) is 24.3 Å². The highest BCUT2D eigenvalue weighted by Gasteiger charge is 2.30. The summed E-state index contributed by atoms with van der Waals surface area (Å²) >= 11 is 0. The Hall–Kier alpha value is -3.40. The van der Waals surface area contributed by atoms with E-state index in [1.165, 1.54) is 29.1 Å². The van der Waals surface area contributed by atoms with E-state index in [9.17, 15) is 22.4 Å². The largest absolute Gasteiger partial charge is 0.471 e. The Morgan fingerprint density at radius 1 is 1.00 bits per heavy atom. The summed E-state index contributed by atoms with van der Waals surface area (Å²) in [6.07, 6.45) is -2.92. The third-order valence-electron chi connectivity index (χ3n) is 5.40. The van der Waals surface area contributed by atoms with Crippen LogP contribution < -0.4 is 4.74 Å². The standard InChI is InChI=1S/C23H22F4N4O2/c24-20-7-2-1-4-17(20)15-29-10-12-30(13-11-29)22(32)21-8-9-31(28-21)16-33-19-6-3-5-18(14-19)23(25,26)27/h1-9,14H,10-13,15-16H2. The molecule has 10 heteroatoms. The average Bonchev–Trinajstić information content (AvgIpc) is 3.28. The molecular formula is C23H22F4N4O2. The monoisotopic (exact) mass is 462 g/mol. The number of benzene rings is 2. The third kappa shape index (κ3) is 5.70. The zero-order chi connectivity index (χ0) is 23.4. The first kappa shape index (κ1) is 22.8. The molecule has 2 heterocycles. The van der Waals surface area contributed by atoms with Gasteiger partial charge in [0.25, 0.3) is 5.91 Å². The second kappa shape index (κ2) is 9.62. The van der Waals surface area contributed by atoms with Crippen LogP contribution in [0.15, 0.2) is 60.8 Å². The van der Waals surface area contributed by atoms with Crippen molar-refractivity contribution in [3.8, 4) is 5.75 Å². The van der Waals surface area contributed by atoms with Gasteiger partial charge in [0.2, 0.25) is 0 Å². The Balaban J connectivity index is 1.29. The highest BCUT2D eigenvalue weighted by molar-refractivity contribution is 5.92. The van der Waals surface area contributed by atoms with Gasteiger partial charge in [0.15, 0.2) is 12.4 Å². The number of hydrogen-bond donors (Lipinski definition) is 0. The first-order chi connectivity index (χ1) is 15.8. The summed E-state index contributed by atoms with van der Waals surface area (Å²) in [5.74, 6) is -0.425. The van der Waals surface area contributed by atoms with Gasteiger partial charge in [-0.15, -0.1) is 0 Å². The molecule has 6 nitrogen and oxygen atoms in total. The number of carbonyl (C=O) groups excluding carboxylic acids is 1. The van der Waals surface area contributed by atoms with Crippen molar-refractivity contribution in [2.45, 2.75) is 19.5 Å². The maximum atomic E-state index is 13.9. The Morgan fingerprint density at radius 3 is 2.48 bits per heavy atom. The zero-order valence-electron chi connectivity index (χ0n) is 17.6. The molecule has 1 fully saturated rings. The summed E-state index contributed by atoms with van der Waals surface area (Å²) < 4.78 is 59.0. The fourth-order valence-electron chi connectivity index (χ4n) is 3.59. The number of piperazine rings is 1. The van der Waals surface area contributed by atoms with Crippen molar-refractivity contribution >= 4 is 5.91 Å². The highest BCUT2D eigenvalue weighted by atomic mass is 19.4. The lowest BCUT2D eigenvalue weighted by Crippen LogP contribution is -2.48. The van der Waals surface area contributed by atoms with Gasteiger partial charge in [-0.2, -0.15) is 18.3 Å². The van der Waals surface area contributed by atoms with Crippen LogP contribution in [0.1, 0.15) is 21.6 Å². The molecular weight excluding hydrogens is 440 g/mol. The smallest absolute Gasteiger partial charge is 0.416 e. The number of amides is 1. The molecule has 0 aliphatic carbocycles. The number of ether oxygens (including phenoxy) is 1. The summed E-state index contributed by atoms with van der Waals surface area (Å²) in [6.45, 7) is 2.54. The van der Waals surface area contributed by atoms with Gasteiger partial charge in [-0.25, -0.2) is 9.07 Å². The predicted molar refractivity (Wildman–Crippen MR) is 112 cm³/mol. The molecule has 2 aromatic carbocycles. The van der Waals surface area contributed by atoms with Crippen LogP contribution in [0, 0.1) is 5.82 Å². The van der Waals surface area contributed by atoms with Gasteiger partial charge in [0.05, 0.1) is 5.56 Å². The minimum atomic E-state index is -4.45. The van der Waals surface area contributed by atoms with Crippen molar-refractivity contribution in [1.29, 1.82) is 0 Å². The van der Waals surface area contributed by atoms with Gasteiger partial charge in [-0.05, 0) is 30.3 Å². The van der Waals surface area contributed by atoms with Crippen LogP contribution >= 0.6 is 0 Å². The van der Waals surface area contributed by atoms with E-state index in [1.807, 2.05) is 0 Å². The van der Waals surface area contributed by atoms with Crippen LogP contribution in [0.4, 0.5) is 17.6 Å². The minimum Gasteiger partial charge on any atom is -0.471 e. The Bertz CT molecular complexity index is 1110. The summed E-state index contributed by atoms with van der Waals surface area (Å²) in [4.78, 5) is 16.5. The van der Waals surface area contributed by atoms with E-state index in [0.29, 0.717) is 38.3 Å². The molecule has 1 amide bonds. The fraction of sp³-hybridized carbons (Fsp3) is 0.304.